The van der Waals surface area contributed by atoms with Gasteiger partial charge in [0.2, 0.25) is 0 Å². The van der Waals surface area contributed by atoms with E-state index in [1.54, 1.807) is 0 Å². The zero-order valence-corrected chi connectivity index (χ0v) is 23.4. The third kappa shape index (κ3) is 4.68. The van der Waals surface area contributed by atoms with Gasteiger partial charge in [0.1, 0.15) is 0 Å². The summed E-state index contributed by atoms with van der Waals surface area (Å²) in [6.07, 6.45) is 3.98. The quantitative estimate of drug-likeness (QED) is 0.177. The fourth-order valence-electron chi connectivity index (χ4n) is 4.79. The van der Waals surface area contributed by atoms with Crippen molar-refractivity contribution in [3.63, 3.8) is 0 Å². The molecule has 2 N–H and O–H groups in total. The fourth-order valence-corrected chi connectivity index (χ4v) is 5.38. The van der Waals surface area contributed by atoms with Gasteiger partial charge in [0.25, 0.3) is 11.1 Å². The number of H-pyrrole nitrogens is 2. The molecule has 8 heteroatoms. The Labute approximate surface area is 239 Å². The van der Waals surface area contributed by atoms with Crippen molar-refractivity contribution in [2.24, 2.45) is 0 Å². The van der Waals surface area contributed by atoms with E-state index in [2.05, 4.69) is 9.97 Å². The third-order valence-corrected chi connectivity index (χ3v) is 7.45. The number of hydrogen-bond acceptors (Lipinski definition) is 4. The molecule has 6 aromatic rings. The maximum atomic E-state index is 13.2. The van der Waals surface area contributed by atoms with Crippen LogP contribution in [0.1, 0.15) is 22.3 Å². The Hall–Kier alpha value is -4.66. The minimum absolute atomic E-state index is 0.147. The minimum atomic E-state index is -0.147. The van der Waals surface area contributed by atoms with Crippen LogP contribution < -0.4 is 11.1 Å². The van der Waals surface area contributed by atoms with Crippen LogP contribution in [-0.2, 0) is 0 Å². The Balaban J connectivity index is 1.27. The first-order valence-corrected chi connectivity index (χ1v) is 13.5. The van der Waals surface area contributed by atoms with Gasteiger partial charge in [-0.2, -0.15) is 0 Å². The number of rotatable bonds is 4. The van der Waals surface area contributed by atoms with E-state index >= 15 is 0 Å². The molecule has 2 aromatic heterocycles. The molecule has 0 fully saturated rings. The van der Waals surface area contributed by atoms with Crippen LogP contribution >= 0.6 is 24.4 Å². The molecular weight excluding hydrogens is 537 g/mol. The second kappa shape index (κ2) is 10.1. The van der Waals surface area contributed by atoms with Gasteiger partial charge in [-0.1, -0.05) is 59.7 Å². The summed E-state index contributed by atoms with van der Waals surface area (Å²) < 4.78 is 3.74. The third-order valence-electron chi connectivity index (χ3n) is 6.88. The van der Waals surface area contributed by atoms with Crippen LogP contribution in [0.2, 0.25) is 0 Å². The molecule has 0 amide bonds. The van der Waals surface area contributed by atoms with Crippen LogP contribution in [0.3, 0.4) is 0 Å². The molecule has 0 unspecified atom stereocenters. The molecule has 0 aliphatic carbocycles. The normalized spacial score (nSPS) is 11.6. The van der Waals surface area contributed by atoms with Crippen molar-refractivity contribution in [3.8, 4) is 11.4 Å². The number of nitrogens with zero attached hydrogens (tertiary/aromatic N) is 2. The number of aromatic amines is 2. The van der Waals surface area contributed by atoms with E-state index in [0.29, 0.717) is 31.7 Å². The molecular formula is C32H24N4O2S2. The molecule has 196 valence electrons. The van der Waals surface area contributed by atoms with Crippen LogP contribution in [0, 0.1) is 23.4 Å². The van der Waals surface area contributed by atoms with E-state index in [1.165, 1.54) is 9.13 Å². The smallest absolute Gasteiger partial charge is 0.266 e. The molecule has 0 radical (unpaired) electrons. The van der Waals surface area contributed by atoms with Gasteiger partial charge >= 0.3 is 0 Å². The Bertz CT molecular complexity index is 2040. The highest BCUT2D eigenvalue weighted by molar-refractivity contribution is 7.71. The van der Waals surface area contributed by atoms with Crippen LogP contribution in [-0.4, -0.2) is 19.1 Å². The lowest BCUT2D eigenvalue weighted by Gasteiger charge is -2.09. The fraction of sp³-hybridized carbons (Fsp3) is 0.0625. The van der Waals surface area contributed by atoms with Crippen LogP contribution in [0.25, 0.3) is 45.3 Å². The molecule has 0 saturated heterocycles. The highest BCUT2D eigenvalue weighted by Crippen LogP contribution is 2.17. The van der Waals surface area contributed by atoms with E-state index in [9.17, 15) is 9.59 Å². The van der Waals surface area contributed by atoms with Crippen molar-refractivity contribution in [2.45, 2.75) is 13.8 Å². The maximum absolute atomic E-state index is 13.2. The lowest BCUT2D eigenvalue weighted by atomic mass is 10.1. The predicted molar refractivity (Wildman–Crippen MR) is 168 cm³/mol. The molecule has 0 aliphatic rings. The van der Waals surface area contributed by atoms with Crippen molar-refractivity contribution >= 4 is 58.4 Å². The van der Waals surface area contributed by atoms with E-state index in [-0.39, 0.29) is 11.1 Å². The molecule has 0 atom stereocenters. The SMILES string of the molecule is Cc1ccc2[nH]c(=S)n(-c3ccc(/C=C/c4ccc(-n5c(=S)[nH]c6ccc(C)cc6c5=O)cc4)cc3)c(=O)c2c1. The molecule has 0 spiro atoms. The van der Waals surface area contributed by atoms with Crippen molar-refractivity contribution in [2.75, 3.05) is 0 Å². The zero-order chi connectivity index (χ0) is 28.0. The number of aromatic nitrogens is 4. The lowest BCUT2D eigenvalue weighted by Crippen LogP contribution is -2.20. The molecule has 0 bridgehead atoms. The van der Waals surface area contributed by atoms with Crippen molar-refractivity contribution in [1.82, 2.24) is 19.1 Å². The number of nitrogens with one attached hydrogen (secondary N) is 2. The van der Waals surface area contributed by atoms with Gasteiger partial charge in [-0.25, -0.2) is 0 Å². The molecule has 4 aromatic carbocycles. The number of fused-ring (bicyclic) bond motifs is 2. The maximum Gasteiger partial charge on any atom is 0.266 e. The first kappa shape index (κ1) is 25.6. The largest absolute Gasteiger partial charge is 0.331 e. The van der Waals surface area contributed by atoms with Gasteiger partial charge in [-0.15, -0.1) is 0 Å². The summed E-state index contributed by atoms with van der Waals surface area (Å²) in [5.74, 6) is 0. The van der Waals surface area contributed by atoms with Crippen molar-refractivity contribution < 1.29 is 0 Å². The lowest BCUT2D eigenvalue weighted by molar-refractivity contribution is 0.939. The van der Waals surface area contributed by atoms with Crippen LogP contribution in [0.4, 0.5) is 0 Å². The van der Waals surface area contributed by atoms with Gasteiger partial charge in [-0.05, 0) is 97.9 Å². The summed E-state index contributed by atoms with van der Waals surface area (Å²) in [4.78, 5) is 32.7. The first-order valence-electron chi connectivity index (χ1n) is 12.7. The van der Waals surface area contributed by atoms with Crippen molar-refractivity contribution in [1.29, 1.82) is 0 Å². The van der Waals surface area contributed by atoms with E-state index in [0.717, 1.165) is 33.3 Å². The highest BCUT2D eigenvalue weighted by atomic mass is 32.1. The minimum Gasteiger partial charge on any atom is -0.331 e. The second-order valence-electron chi connectivity index (χ2n) is 9.76. The number of benzene rings is 4. The van der Waals surface area contributed by atoms with Crippen LogP contribution in [0.5, 0.6) is 0 Å². The van der Waals surface area contributed by atoms with E-state index in [1.807, 2.05) is 111 Å². The standard InChI is InChI=1S/C32H24N4O2S2/c1-19-3-15-27-25(17-19)29(37)35(31(39)33-27)23-11-7-21(8-12-23)5-6-22-9-13-24(14-10-22)36-30(38)26-18-20(2)4-16-28(26)34-32(36)40/h3-18H,1-2H3,(H,33,39)(H,34,40)/b6-5+. The van der Waals surface area contributed by atoms with Gasteiger partial charge in [-0.3, -0.25) is 18.7 Å². The number of hydrogen-bond donors (Lipinski definition) is 2. The topological polar surface area (TPSA) is 75.6 Å². The summed E-state index contributed by atoms with van der Waals surface area (Å²) in [6, 6.07) is 26.7. The molecule has 6 nitrogen and oxygen atoms in total. The van der Waals surface area contributed by atoms with Gasteiger partial charge in [0.15, 0.2) is 9.54 Å². The Morgan fingerprint density at radius 1 is 0.575 bits per heavy atom. The monoisotopic (exact) mass is 560 g/mol. The summed E-state index contributed by atoms with van der Waals surface area (Å²) in [5, 5.41) is 1.20. The predicted octanol–water partition coefficient (Wildman–Crippen LogP) is 7.20. The molecule has 0 saturated carbocycles. The van der Waals surface area contributed by atoms with Gasteiger partial charge < -0.3 is 9.97 Å². The first-order chi connectivity index (χ1) is 19.3. The summed E-state index contributed by atoms with van der Waals surface area (Å²) in [5.41, 5.74) is 6.52. The molecule has 40 heavy (non-hydrogen) atoms. The van der Waals surface area contributed by atoms with Crippen molar-refractivity contribution in [3.05, 3.63) is 137 Å². The summed E-state index contributed by atoms with van der Waals surface area (Å²) in [7, 11) is 0. The molecule has 0 aliphatic heterocycles. The van der Waals surface area contributed by atoms with E-state index in [4.69, 9.17) is 24.4 Å². The zero-order valence-electron chi connectivity index (χ0n) is 21.8. The van der Waals surface area contributed by atoms with Gasteiger partial charge in [0.05, 0.1) is 33.2 Å². The Morgan fingerprint density at radius 2 is 0.950 bits per heavy atom. The molecule has 2 heterocycles. The average Bonchev–Trinajstić information content (AvgIpc) is 2.94. The Kier molecular flexibility index (Phi) is 6.50. The number of aryl methyl sites for hydroxylation is 2. The molecule has 6 rings (SSSR count). The highest BCUT2D eigenvalue weighted by Gasteiger charge is 2.09. The summed E-state index contributed by atoms with van der Waals surface area (Å²) >= 11 is 11.0. The van der Waals surface area contributed by atoms with E-state index < -0.39 is 0 Å². The summed E-state index contributed by atoms with van der Waals surface area (Å²) in [6.45, 7) is 3.91. The van der Waals surface area contributed by atoms with Gasteiger partial charge in [0, 0.05) is 0 Å². The van der Waals surface area contributed by atoms with Crippen LogP contribution in [0.15, 0.2) is 94.5 Å². The Morgan fingerprint density at radius 3 is 1.32 bits per heavy atom. The second-order valence-corrected chi connectivity index (χ2v) is 10.5. The average molecular weight is 561 g/mol.